The molecule has 0 N–H and O–H groups in total. The average Bonchev–Trinajstić information content (AvgIpc) is 3.05. The summed E-state index contributed by atoms with van der Waals surface area (Å²) in [6, 6.07) is 0. The van der Waals surface area contributed by atoms with Crippen LogP contribution in [0.15, 0.2) is 0 Å². The molecule has 0 aromatic heterocycles. The summed E-state index contributed by atoms with van der Waals surface area (Å²) < 4.78 is 9.92. The van der Waals surface area contributed by atoms with E-state index in [4.69, 9.17) is 9.47 Å². The third-order valence-corrected chi connectivity index (χ3v) is 5.66. The van der Waals surface area contributed by atoms with Crippen LogP contribution in [0.1, 0.15) is 32.1 Å². The SMILES string of the molecule is COC(=O)[C@]12CCC[C@@]1(C(=O)OC)[C@@H]1CC[C@H]2C1=O. The minimum atomic E-state index is -0.963. The highest BCUT2D eigenvalue weighted by Crippen LogP contribution is 2.72. The van der Waals surface area contributed by atoms with Gasteiger partial charge in [0.05, 0.1) is 25.0 Å². The number of carbonyl (C=O) groups is 3. The lowest BCUT2D eigenvalue weighted by Crippen LogP contribution is -2.53. The minimum absolute atomic E-state index is 0.0653. The van der Waals surface area contributed by atoms with Crippen molar-refractivity contribution in [2.75, 3.05) is 14.2 Å². The molecule has 5 heteroatoms. The first-order valence-electron chi connectivity index (χ1n) is 6.77. The smallest absolute Gasteiger partial charge is 0.313 e. The summed E-state index contributed by atoms with van der Waals surface area (Å²) in [5, 5.41) is 0. The molecule has 104 valence electrons. The van der Waals surface area contributed by atoms with E-state index >= 15 is 0 Å². The van der Waals surface area contributed by atoms with Crippen molar-refractivity contribution >= 4 is 17.7 Å². The van der Waals surface area contributed by atoms with Gasteiger partial charge in [0, 0.05) is 11.8 Å². The highest BCUT2D eigenvalue weighted by Gasteiger charge is 2.80. The Morgan fingerprint density at radius 3 is 1.79 bits per heavy atom. The fraction of sp³-hybridized carbons (Fsp3) is 0.786. The van der Waals surface area contributed by atoms with Crippen LogP contribution in [0.5, 0.6) is 0 Å². The molecule has 19 heavy (non-hydrogen) atoms. The summed E-state index contributed by atoms with van der Waals surface area (Å²) >= 11 is 0. The van der Waals surface area contributed by atoms with Gasteiger partial charge in [-0.3, -0.25) is 14.4 Å². The number of hydrogen-bond donors (Lipinski definition) is 0. The maximum absolute atomic E-state index is 12.4. The second-order valence-electron chi connectivity index (χ2n) is 5.86. The van der Waals surface area contributed by atoms with Crippen molar-refractivity contribution in [2.45, 2.75) is 32.1 Å². The summed E-state index contributed by atoms with van der Waals surface area (Å²) in [7, 11) is 2.65. The Hall–Kier alpha value is -1.39. The molecule has 2 bridgehead atoms. The lowest BCUT2D eigenvalue weighted by molar-refractivity contribution is -0.181. The number of methoxy groups -OCH3 is 2. The molecule has 0 aliphatic heterocycles. The van der Waals surface area contributed by atoms with E-state index in [1.54, 1.807) is 0 Å². The fourth-order valence-electron chi connectivity index (χ4n) is 5.12. The Kier molecular flexibility index (Phi) is 2.53. The standard InChI is InChI=1S/C14H18O5/c1-18-11(16)13-6-3-7-14(13,12(17)19-2)9-5-4-8(13)10(9)15/h8-9H,3-7H2,1-2H3/t8-,9+,13+,14-. The second kappa shape index (κ2) is 3.81. The molecule has 0 saturated heterocycles. The molecule has 3 fully saturated rings. The summed E-state index contributed by atoms with van der Waals surface area (Å²) in [4.78, 5) is 37.2. The lowest BCUT2D eigenvalue weighted by atomic mass is 9.57. The van der Waals surface area contributed by atoms with Gasteiger partial charge < -0.3 is 9.47 Å². The van der Waals surface area contributed by atoms with Crippen molar-refractivity contribution in [3.8, 4) is 0 Å². The molecule has 0 amide bonds. The van der Waals surface area contributed by atoms with Crippen molar-refractivity contribution < 1.29 is 23.9 Å². The monoisotopic (exact) mass is 266 g/mol. The molecule has 4 atom stereocenters. The van der Waals surface area contributed by atoms with Crippen LogP contribution < -0.4 is 0 Å². The van der Waals surface area contributed by atoms with Crippen LogP contribution in [0.2, 0.25) is 0 Å². The highest BCUT2D eigenvalue weighted by atomic mass is 16.5. The normalized spacial score (nSPS) is 43.2. The molecule has 0 heterocycles. The number of esters is 2. The van der Waals surface area contributed by atoms with Gasteiger partial charge in [-0.2, -0.15) is 0 Å². The van der Waals surface area contributed by atoms with Crippen LogP contribution in [0.25, 0.3) is 0 Å². The van der Waals surface area contributed by atoms with Gasteiger partial charge in [0.25, 0.3) is 0 Å². The van der Waals surface area contributed by atoms with E-state index < -0.39 is 22.8 Å². The van der Waals surface area contributed by atoms with Crippen molar-refractivity contribution in [1.82, 2.24) is 0 Å². The number of rotatable bonds is 2. The van der Waals surface area contributed by atoms with Crippen LogP contribution in [-0.4, -0.2) is 31.9 Å². The molecular weight excluding hydrogens is 248 g/mol. The molecule has 3 saturated carbocycles. The summed E-state index contributed by atoms with van der Waals surface area (Å²) in [5.74, 6) is -1.46. The number of ketones is 1. The van der Waals surface area contributed by atoms with Crippen LogP contribution in [-0.2, 0) is 23.9 Å². The van der Waals surface area contributed by atoms with Crippen molar-refractivity contribution in [2.24, 2.45) is 22.7 Å². The van der Waals surface area contributed by atoms with E-state index in [-0.39, 0.29) is 17.6 Å². The van der Waals surface area contributed by atoms with Crippen LogP contribution in [0.4, 0.5) is 0 Å². The molecule has 3 aliphatic rings. The van der Waals surface area contributed by atoms with Gasteiger partial charge >= 0.3 is 11.9 Å². The maximum Gasteiger partial charge on any atom is 0.313 e. The molecule has 0 aromatic rings. The lowest BCUT2D eigenvalue weighted by Gasteiger charge is -2.43. The summed E-state index contributed by atoms with van der Waals surface area (Å²) in [6.45, 7) is 0. The van der Waals surface area contributed by atoms with Gasteiger partial charge in [-0.05, 0) is 25.7 Å². The topological polar surface area (TPSA) is 69.7 Å². The molecule has 3 aliphatic carbocycles. The zero-order valence-corrected chi connectivity index (χ0v) is 11.2. The summed E-state index contributed by atoms with van der Waals surface area (Å²) in [5.41, 5.74) is -1.93. The Morgan fingerprint density at radius 2 is 1.42 bits per heavy atom. The number of fused-ring (bicyclic) bond motifs is 5. The fourth-order valence-corrected chi connectivity index (χ4v) is 5.12. The predicted octanol–water partition coefficient (Wildman–Crippen LogP) is 1.10. The molecular formula is C14H18O5. The van der Waals surface area contributed by atoms with E-state index in [2.05, 4.69) is 0 Å². The van der Waals surface area contributed by atoms with E-state index in [1.807, 2.05) is 0 Å². The molecule has 0 radical (unpaired) electrons. The third kappa shape index (κ3) is 1.11. The van der Waals surface area contributed by atoms with Gasteiger partial charge in [0.1, 0.15) is 5.78 Å². The first kappa shape index (κ1) is 12.6. The minimum Gasteiger partial charge on any atom is -0.469 e. The largest absolute Gasteiger partial charge is 0.469 e. The quantitative estimate of drug-likeness (QED) is 0.700. The average molecular weight is 266 g/mol. The van der Waals surface area contributed by atoms with E-state index in [1.165, 1.54) is 14.2 Å². The van der Waals surface area contributed by atoms with Crippen LogP contribution in [0, 0.1) is 22.7 Å². The van der Waals surface area contributed by atoms with Crippen molar-refractivity contribution in [1.29, 1.82) is 0 Å². The molecule has 5 nitrogen and oxygen atoms in total. The molecule has 0 spiro atoms. The Bertz CT molecular complexity index is 430. The Balaban J connectivity index is 2.21. The second-order valence-corrected chi connectivity index (χ2v) is 5.86. The Morgan fingerprint density at radius 1 is 1.00 bits per heavy atom. The van der Waals surface area contributed by atoms with E-state index in [0.717, 1.165) is 6.42 Å². The predicted molar refractivity (Wildman–Crippen MR) is 64.0 cm³/mol. The maximum atomic E-state index is 12.4. The number of ether oxygens (including phenoxy) is 2. The van der Waals surface area contributed by atoms with Gasteiger partial charge in [0.2, 0.25) is 0 Å². The van der Waals surface area contributed by atoms with Gasteiger partial charge in [-0.15, -0.1) is 0 Å². The van der Waals surface area contributed by atoms with E-state index in [9.17, 15) is 14.4 Å². The van der Waals surface area contributed by atoms with Gasteiger partial charge in [-0.1, -0.05) is 6.42 Å². The number of hydrogen-bond acceptors (Lipinski definition) is 5. The third-order valence-electron chi connectivity index (χ3n) is 5.66. The van der Waals surface area contributed by atoms with Gasteiger partial charge in [0.15, 0.2) is 0 Å². The first-order valence-corrected chi connectivity index (χ1v) is 6.77. The van der Waals surface area contributed by atoms with Crippen molar-refractivity contribution in [3.63, 3.8) is 0 Å². The number of Topliss-reactive ketones (excluding diaryl/α,β-unsaturated/α-hetero) is 1. The zero-order chi connectivity index (χ0) is 13.8. The van der Waals surface area contributed by atoms with Crippen molar-refractivity contribution in [3.05, 3.63) is 0 Å². The van der Waals surface area contributed by atoms with E-state index in [0.29, 0.717) is 25.7 Å². The first-order chi connectivity index (χ1) is 9.06. The Labute approximate surface area is 111 Å². The zero-order valence-electron chi connectivity index (χ0n) is 11.2. The highest BCUT2D eigenvalue weighted by molar-refractivity contribution is 6.05. The molecule has 0 aromatic carbocycles. The van der Waals surface area contributed by atoms with Gasteiger partial charge in [-0.25, -0.2) is 0 Å². The van der Waals surface area contributed by atoms with Crippen LogP contribution >= 0.6 is 0 Å². The number of carbonyl (C=O) groups excluding carboxylic acids is 3. The summed E-state index contributed by atoms with van der Waals surface area (Å²) in [6.07, 6.45) is 3.27. The van der Waals surface area contributed by atoms with Crippen LogP contribution in [0.3, 0.4) is 0 Å². The molecule has 0 unspecified atom stereocenters. The molecule has 3 rings (SSSR count).